The Morgan fingerprint density at radius 1 is 0.717 bits per heavy atom. The second-order valence-electron chi connectivity index (χ2n) is 14.4. The molecule has 8 amide bonds. The molecule has 0 spiro atoms. The molecule has 1 unspecified atom stereocenters. The van der Waals surface area contributed by atoms with E-state index in [0.717, 1.165) is 42.3 Å². The molecule has 7 atom stereocenters. The lowest BCUT2D eigenvalue weighted by Crippen LogP contribution is -2.60. The molecule has 0 aliphatic heterocycles. The van der Waals surface area contributed by atoms with Crippen LogP contribution in [0, 0.1) is 0 Å². The number of nitrogens with two attached hydrogens (primary N) is 1. The molecule has 2 aromatic carbocycles. The highest BCUT2D eigenvalue weighted by Crippen LogP contribution is 2.21. The van der Waals surface area contributed by atoms with Crippen molar-refractivity contribution in [2.45, 2.75) is 103 Å². The molecule has 0 aliphatic rings. The van der Waals surface area contributed by atoms with Crippen LogP contribution in [0.5, 0.6) is 0 Å². The summed E-state index contributed by atoms with van der Waals surface area (Å²) in [5, 5.41) is 52.5. The molecule has 60 heavy (non-hydrogen) atoms. The molecular weight excluding hydrogens is 783 g/mol. The van der Waals surface area contributed by atoms with Gasteiger partial charge in [0.1, 0.15) is 30.2 Å². The zero-order valence-corrected chi connectivity index (χ0v) is 34.6. The van der Waals surface area contributed by atoms with Crippen LogP contribution in [0.25, 0.3) is 11.1 Å². The van der Waals surface area contributed by atoms with E-state index in [1.807, 2.05) is 12.1 Å². The number of aryl methyl sites for hydroxylation is 1. The highest BCUT2D eigenvalue weighted by atomic mass is 16.4. The molecule has 328 valence electrons. The maximum absolute atomic E-state index is 13.2. The third-order valence-electron chi connectivity index (χ3n) is 9.37. The smallest absolute Gasteiger partial charge is 0.426 e. The van der Waals surface area contributed by atoms with Crippen LogP contribution in [0.4, 0.5) is 0 Å². The van der Waals surface area contributed by atoms with Crippen molar-refractivity contribution in [2.24, 2.45) is 5.73 Å². The fraction of sp³-hybridized carbons (Fsp3) is 0.487. The summed E-state index contributed by atoms with van der Waals surface area (Å²) >= 11 is 0. The predicted octanol–water partition coefficient (Wildman–Crippen LogP) is -3.00. The normalized spacial score (nSPS) is 14.4. The Bertz CT molecular complexity index is 1810. The van der Waals surface area contributed by atoms with Crippen LogP contribution in [-0.4, -0.2) is 142 Å². The first-order valence-electron chi connectivity index (χ1n) is 19.4. The molecule has 0 radical (unpaired) electrons. The number of unbranched alkanes of at least 4 members (excludes halogenated alkanes) is 1. The van der Waals surface area contributed by atoms with E-state index in [1.165, 1.54) is 33.3 Å². The number of hydrogen-bond donors (Lipinski definition) is 11. The van der Waals surface area contributed by atoms with Crippen molar-refractivity contribution in [2.75, 3.05) is 20.2 Å². The van der Waals surface area contributed by atoms with Gasteiger partial charge in [-0.15, -0.1) is 0 Å². The van der Waals surface area contributed by atoms with Crippen LogP contribution in [0.1, 0.15) is 69.8 Å². The number of carbonyl (C=O) groups excluding carboxylic acids is 8. The number of likely N-dealkylation sites (N-methyl/N-ethyl adjacent to an activating group) is 1. The third-order valence-corrected chi connectivity index (χ3v) is 9.37. The monoisotopic (exact) mass is 840 g/mol. The molecule has 0 aliphatic carbocycles. The Kier molecular flexibility index (Phi) is 20.3. The zero-order valence-electron chi connectivity index (χ0n) is 34.6. The summed E-state index contributed by atoms with van der Waals surface area (Å²) < 4.78 is 0. The van der Waals surface area contributed by atoms with Crippen molar-refractivity contribution in [1.82, 2.24) is 36.8 Å². The zero-order chi connectivity index (χ0) is 45.3. The molecule has 0 heterocycles. The summed E-state index contributed by atoms with van der Waals surface area (Å²) in [5.41, 5.74) is 8.49. The Labute approximate surface area is 348 Å². The van der Waals surface area contributed by atoms with Gasteiger partial charge < -0.3 is 62.8 Å². The van der Waals surface area contributed by atoms with Gasteiger partial charge in [-0.1, -0.05) is 49.7 Å². The number of hydrogen-bond acceptors (Lipinski definition) is 12. The molecule has 0 bridgehead atoms. The van der Waals surface area contributed by atoms with Gasteiger partial charge in [0, 0.05) is 12.6 Å². The highest BCUT2D eigenvalue weighted by molar-refractivity contribution is 6.43. The first kappa shape index (κ1) is 50.2. The fourth-order valence-corrected chi connectivity index (χ4v) is 5.66. The predicted molar refractivity (Wildman–Crippen MR) is 219 cm³/mol. The molecule has 0 saturated heterocycles. The minimum Gasteiger partial charge on any atom is -0.426 e. The molecule has 2 rings (SSSR count). The number of rotatable bonds is 23. The van der Waals surface area contributed by atoms with Crippen molar-refractivity contribution in [1.29, 1.82) is 0 Å². The Balaban J connectivity index is 1.94. The molecule has 0 aromatic heterocycles. The lowest BCUT2D eigenvalue weighted by Gasteiger charge is -2.30. The lowest BCUT2D eigenvalue weighted by atomic mass is 9.81. The first-order chi connectivity index (χ1) is 28.2. The van der Waals surface area contributed by atoms with E-state index in [0.29, 0.717) is 0 Å². The number of benzene rings is 2. The number of carbonyl (C=O) groups is 8. The van der Waals surface area contributed by atoms with Crippen molar-refractivity contribution in [3.63, 3.8) is 0 Å². The van der Waals surface area contributed by atoms with Crippen molar-refractivity contribution in [3.05, 3.63) is 59.7 Å². The SMILES string of the molecule is CCCCc1ccc(-c2ccc(C(=O)N[C@H](CO)C(=O)N[C@H](C)C(=O)NCC(=O)N(C)[C@H](C(=O)N[C@@H](C)C(=O)N[C@@H](CC(N)=O)C(=O)N[C@@H](C)B(O)O)C(C)O)cc2)cc1. The molecular formula is C39H57BN8O12. The van der Waals surface area contributed by atoms with E-state index >= 15 is 0 Å². The summed E-state index contributed by atoms with van der Waals surface area (Å²) in [4.78, 5) is 103. The molecule has 0 saturated carbocycles. The molecule has 0 fully saturated rings. The van der Waals surface area contributed by atoms with Crippen LogP contribution in [0.2, 0.25) is 0 Å². The van der Waals surface area contributed by atoms with E-state index in [-0.39, 0.29) is 5.56 Å². The molecule has 21 heteroatoms. The van der Waals surface area contributed by atoms with Gasteiger partial charge in [-0.05, 0) is 69.4 Å². The first-order valence-corrected chi connectivity index (χ1v) is 19.4. The van der Waals surface area contributed by atoms with Gasteiger partial charge in [0.2, 0.25) is 41.4 Å². The minimum atomic E-state index is -1.95. The largest absolute Gasteiger partial charge is 0.475 e. The number of aliphatic hydroxyl groups excluding tert-OH is 2. The Morgan fingerprint density at radius 2 is 1.25 bits per heavy atom. The molecule has 20 nitrogen and oxygen atoms in total. The second kappa shape index (κ2) is 24.3. The summed E-state index contributed by atoms with van der Waals surface area (Å²) in [6.07, 6.45) is 1.03. The average molecular weight is 841 g/mol. The molecule has 12 N–H and O–H groups in total. The van der Waals surface area contributed by atoms with E-state index in [9.17, 15) is 58.6 Å². The average Bonchev–Trinajstić information content (AvgIpc) is 3.20. The fourth-order valence-electron chi connectivity index (χ4n) is 5.66. The van der Waals surface area contributed by atoms with Crippen LogP contribution < -0.4 is 37.6 Å². The Morgan fingerprint density at radius 3 is 1.77 bits per heavy atom. The standard InChI is InChI=1S/C39H57BN8O12/c1-7-8-9-25-10-12-26(13-11-25)27-14-16-28(17-15-27)36(55)47-30(20-49)38(57)43-21(2)34(53)42-19-32(52)48(6)33(23(4)50)39(58)44-22(3)35(54)46-29(18-31(41)51)37(56)45-24(5)40(59)60/h10-17,21-24,29-30,33,49-50,59-60H,7-9,18-20H2,1-6H3,(H2,41,51)(H,42,53)(H,43,57)(H,44,58)(H,45,56)(H,46,54)(H,47,55)/t21-,22+,23?,24+,29+,30-,33+/m1/s1. The summed E-state index contributed by atoms with van der Waals surface area (Å²) in [6, 6.07) is 7.59. The number of amides is 8. The quantitative estimate of drug-likeness (QED) is 0.0499. The van der Waals surface area contributed by atoms with Gasteiger partial charge in [0.15, 0.2) is 0 Å². The van der Waals surface area contributed by atoms with Crippen molar-refractivity contribution in [3.8, 4) is 11.1 Å². The minimum absolute atomic E-state index is 0.227. The second-order valence-corrected chi connectivity index (χ2v) is 14.4. The topological polar surface area (TPSA) is 319 Å². The highest BCUT2D eigenvalue weighted by Gasteiger charge is 2.35. The van der Waals surface area contributed by atoms with Crippen LogP contribution in [0.3, 0.4) is 0 Å². The summed E-state index contributed by atoms with van der Waals surface area (Å²) in [7, 11) is -0.795. The molecule has 2 aromatic rings. The van der Waals surface area contributed by atoms with Gasteiger partial charge in [0.05, 0.1) is 31.6 Å². The van der Waals surface area contributed by atoms with E-state index in [4.69, 9.17) is 5.73 Å². The maximum Gasteiger partial charge on any atom is 0.475 e. The van der Waals surface area contributed by atoms with Crippen LogP contribution in [-0.2, 0) is 40.0 Å². The lowest BCUT2D eigenvalue weighted by molar-refractivity contribution is -0.144. The van der Waals surface area contributed by atoms with Gasteiger partial charge >= 0.3 is 7.12 Å². The van der Waals surface area contributed by atoms with E-state index < -0.39 is 116 Å². The van der Waals surface area contributed by atoms with Crippen molar-refractivity contribution >= 4 is 54.4 Å². The number of nitrogens with one attached hydrogen (secondary N) is 6. The van der Waals surface area contributed by atoms with Crippen molar-refractivity contribution < 1.29 is 58.6 Å². The van der Waals surface area contributed by atoms with Gasteiger partial charge in [-0.2, -0.15) is 0 Å². The van der Waals surface area contributed by atoms with Gasteiger partial charge in [-0.3, -0.25) is 38.4 Å². The summed E-state index contributed by atoms with van der Waals surface area (Å²) in [5.74, 6) is -8.35. The van der Waals surface area contributed by atoms with E-state index in [1.54, 1.807) is 24.3 Å². The number of aliphatic hydroxyl groups is 2. The maximum atomic E-state index is 13.2. The Hall–Kier alpha value is -5.90. The third kappa shape index (κ3) is 15.7. The van der Waals surface area contributed by atoms with E-state index in [2.05, 4.69) is 51.0 Å². The number of nitrogens with zero attached hydrogens (tertiary/aromatic N) is 1. The summed E-state index contributed by atoms with van der Waals surface area (Å²) in [6.45, 7) is 5.58. The van der Waals surface area contributed by atoms with Crippen LogP contribution in [0.15, 0.2) is 48.5 Å². The van der Waals surface area contributed by atoms with Crippen LogP contribution >= 0.6 is 0 Å². The van der Waals surface area contributed by atoms with Gasteiger partial charge in [0.25, 0.3) is 5.91 Å². The van der Waals surface area contributed by atoms with Gasteiger partial charge in [-0.25, -0.2) is 0 Å². The number of primary amides is 1.